The maximum absolute atomic E-state index is 10.9. The highest BCUT2D eigenvalue weighted by atomic mass is 16.4. The van der Waals surface area contributed by atoms with Crippen LogP contribution in [0.1, 0.15) is 26.5 Å². The Kier molecular flexibility index (Phi) is 5.11. The first-order chi connectivity index (χ1) is 8.66. The lowest BCUT2D eigenvalue weighted by Gasteiger charge is -1.94. The van der Waals surface area contributed by atoms with Gasteiger partial charge in [-0.15, -0.1) is 0 Å². The number of amides is 1. The lowest BCUT2D eigenvalue weighted by Crippen LogP contribution is -2.06. The highest BCUT2D eigenvalue weighted by Crippen LogP contribution is 2.23. The van der Waals surface area contributed by atoms with Gasteiger partial charge in [0.15, 0.2) is 5.82 Å². The minimum atomic E-state index is -0.156. The molecule has 4 nitrogen and oxygen atoms in total. The van der Waals surface area contributed by atoms with Gasteiger partial charge in [0.1, 0.15) is 5.76 Å². The van der Waals surface area contributed by atoms with Gasteiger partial charge < -0.3 is 9.73 Å². The molecule has 1 N–H and O–H groups in total. The number of aromatic nitrogens is 1. The Morgan fingerprint density at radius 1 is 1.22 bits per heavy atom. The van der Waals surface area contributed by atoms with E-state index in [2.05, 4.69) is 10.3 Å². The van der Waals surface area contributed by atoms with Crippen molar-refractivity contribution in [1.29, 1.82) is 0 Å². The highest BCUT2D eigenvalue weighted by Gasteiger charge is 2.11. The van der Waals surface area contributed by atoms with Crippen LogP contribution in [0, 0.1) is 6.92 Å². The van der Waals surface area contributed by atoms with Gasteiger partial charge in [0.25, 0.3) is 0 Å². The third kappa shape index (κ3) is 3.45. The number of nitrogens with zero attached hydrogens (tertiary/aromatic N) is 1. The second kappa shape index (κ2) is 6.59. The molecule has 0 aliphatic rings. The molecule has 1 heterocycles. The van der Waals surface area contributed by atoms with Gasteiger partial charge in [-0.3, -0.25) is 4.79 Å². The first kappa shape index (κ1) is 14.0. The standard InChI is InChI=1S/C12H12N2O2.C2H6/c1-8-11(13-9(2)15)14-12(16-8)10-6-4-3-5-7-10;1-2/h3-7H,1-2H3,(H,13,15);1-2H3. The van der Waals surface area contributed by atoms with E-state index in [4.69, 9.17) is 4.42 Å². The number of nitrogens with one attached hydrogen (secondary N) is 1. The summed E-state index contributed by atoms with van der Waals surface area (Å²) in [4.78, 5) is 15.1. The van der Waals surface area contributed by atoms with Gasteiger partial charge in [-0.1, -0.05) is 32.0 Å². The van der Waals surface area contributed by atoms with E-state index in [9.17, 15) is 4.79 Å². The average molecular weight is 246 g/mol. The SMILES string of the molecule is CC.CC(=O)Nc1nc(-c2ccccc2)oc1C. The Labute approximate surface area is 107 Å². The van der Waals surface area contributed by atoms with Gasteiger partial charge >= 0.3 is 0 Å². The van der Waals surface area contributed by atoms with Crippen LogP contribution in [0.5, 0.6) is 0 Å². The van der Waals surface area contributed by atoms with Crippen molar-refractivity contribution in [3.63, 3.8) is 0 Å². The van der Waals surface area contributed by atoms with Crippen LogP contribution in [0.3, 0.4) is 0 Å². The maximum atomic E-state index is 10.9. The van der Waals surface area contributed by atoms with Gasteiger partial charge in [-0.05, 0) is 19.1 Å². The highest BCUT2D eigenvalue weighted by molar-refractivity contribution is 5.88. The summed E-state index contributed by atoms with van der Waals surface area (Å²) in [5, 5.41) is 2.62. The molecular formula is C14H18N2O2. The zero-order chi connectivity index (χ0) is 13.5. The first-order valence-electron chi connectivity index (χ1n) is 5.97. The maximum Gasteiger partial charge on any atom is 0.228 e. The van der Waals surface area contributed by atoms with E-state index in [-0.39, 0.29) is 5.91 Å². The van der Waals surface area contributed by atoms with Crippen LogP contribution >= 0.6 is 0 Å². The number of aryl methyl sites for hydroxylation is 1. The van der Waals surface area contributed by atoms with Gasteiger partial charge in [-0.2, -0.15) is 4.98 Å². The van der Waals surface area contributed by atoms with E-state index in [1.54, 1.807) is 6.92 Å². The van der Waals surface area contributed by atoms with E-state index in [0.717, 1.165) is 5.56 Å². The Morgan fingerprint density at radius 3 is 2.39 bits per heavy atom. The number of hydrogen-bond acceptors (Lipinski definition) is 3. The first-order valence-corrected chi connectivity index (χ1v) is 5.97. The molecule has 0 atom stereocenters. The van der Waals surface area contributed by atoms with Gasteiger partial charge in [0.2, 0.25) is 11.8 Å². The Morgan fingerprint density at radius 2 is 1.83 bits per heavy atom. The molecule has 96 valence electrons. The summed E-state index contributed by atoms with van der Waals surface area (Å²) in [7, 11) is 0. The zero-order valence-electron chi connectivity index (χ0n) is 11.2. The largest absolute Gasteiger partial charge is 0.439 e. The minimum Gasteiger partial charge on any atom is -0.439 e. The zero-order valence-corrected chi connectivity index (χ0v) is 11.2. The summed E-state index contributed by atoms with van der Waals surface area (Å²) in [6, 6.07) is 9.56. The number of carbonyl (C=O) groups excluding carboxylic acids is 1. The van der Waals surface area contributed by atoms with Gasteiger partial charge in [-0.25, -0.2) is 0 Å². The second-order valence-electron chi connectivity index (χ2n) is 3.47. The van der Waals surface area contributed by atoms with E-state index in [1.807, 2.05) is 44.2 Å². The van der Waals surface area contributed by atoms with Gasteiger partial charge in [0, 0.05) is 12.5 Å². The number of benzene rings is 1. The normalized spacial score (nSPS) is 9.33. The predicted octanol–water partition coefficient (Wildman–Crippen LogP) is 3.63. The average Bonchev–Trinajstić information content (AvgIpc) is 2.74. The van der Waals surface area contributed by atoms with Crippen molar-refractivity contribution < 1.29 is 9.21 Å². The molecule has 0 aliphatic heterocycles. The molecule has 1 aromatic carbocycles. The second-order valence-corrected chi connectivity index (χ2v) is 3.47. The molecule has 2 rings (SSSR count). The Balaban J connectivity index is 0.000000771. The Hall–Kier alpha value is -2.10. The molecule has 1 amide bonds. The number of carbonyl (C=O) groups is 1. The van der Waals surface area contributed by atoms with Crippen LogP contribution in [0.15, 0.2) is 34.7 Å². The molecule has 1 aromatic heterocycles. The van der Waals surface area contributed by atoms with E-state index >= 15 is 0 Å². The fraction of sp³-hybridized carbons (Fsp3) is 0.286. The summed E-state index contributed by atoms with van der Waals surface area (Å²) < 4.78 is 5.48. The molecule has 0 saturated carbocycles. The number of rotatable bonds is 2. The van der Waals surface area contributed by atoms with Crippen molar-refractivity contribution >= 4 is 11.7 Å². The monoisotopic (exact) mass is 246 g/mol. The molecule has 4 heteroatoms. The van der Waals surface area contributed by atoms with Crippen LogP contribution < -0.4 is 5.32 Å². The molecule has 0 radical (unpaired) electrons. The molecule has 0 unspecified atom stereocenters. The molecule has 0 fully saturated rings. The molecule has 0 aliphatic carbocycles. The van der Waals surface area contributed by atoms with Crippen molar-refractivity contribution in [1.82, 2.24) is 4.98 Å². The Bertz CT molecular complexity index is 504. The fourth-order valence-electron chi connectivity index (χ4n) is 1.38. The molecule has 0 saturated heterocycles. The van der Waals surface area contributed by atoms with Crippen molar-refractivity contribution in [2.45, 2.75) is 27.7 Å². The summed E-state index contributed by atoms with van der Waals surface area (Å²) in [5.41, 5.74) is 0.891. The molecule has 0 spiro atoms. The van der Waals surface area contributed by atoms with Crippen LogP contribution in [0.2, 0.25) is 0 Å². The topological polar surface area (TPSA) is 55.1 Å². The molecular weight excluding hydrogens is 228 g/mol. The van der Waals surface area contributed by atoms with Crippen molar-refractivity contribution in [3.05, 3.63) is 36.1 Å². The van der Waals surface area contributed by atoms with Gasteiger partial charge in [0.05, 0.1) is 0 Å². The number of oxazole rings is 1. The van der Waals surface area contributed by atoms with E-state index < -0.39 is 0 Å². The molecule has 2 aromatic rings. The van der Waals surface area contributed by atoms with Crippen molar-refractivity contribution in [2.75, 3.05) is 5.32 Å². The quantitative estimate of drug-likeness (QED) is 0.880. The third-order valence-corrected chi connectivity index (χ3v) is 2.11. The van der Waals surface area contributed by atoms with Crippen LogP contribution in [0.25, 0.3) is 11.5 Å². The number of hydrogen-bond donors (Lipinski definition) is 1. The van der Waals surface area contributed by atoms with Crippen LogP contribution in [-0.4, -0.2) is 10.9 Å². The van der Waals surface area contributed by atoms with E-state index in [0.29, 0.717) is 17.5 Å². The van der Waals surface area contributed by atoms with Crippen molar-refractivity contribution in [3.8, 4) is 11.5 Å². The lowest BCUT2D eigenvalue weighted by atomic mass is 10.2. The summed E-state index contributed by atoms with van der Waals surface area (Å²) in [5.74, 6) is 1.44. The summed E-state index contributed by atoms with van der Waals surface area (Å²) in [6.45, 7) is 7.21. The summed E-state index contributed by atoms with van der Waals surface area (Å²) in [6.07, 6.45) is 0. The fourth-order valence-corrected chi connectivity index (χ4v) is 1.38. The predicted molar refractivity (Wildman–Crippen MR) is 72.3 cm³/mol. The van der Waals surface area contributed by atoms with Crippen LogP contribution in [-0.2, 0) is 4.79 Å². The van der Waals surface area contributed by atoms with E-state index in [1.165, 1.54) is 6.92 Å². The smallest absolute Gasteiger partial charge is 0.228 e. The third-order valence-electron chi connectivity index (χ3n) is 2.11. The lowest BCUT2D eigenvalue weighted by molar-refractivity contribution is -0.114. The summed E-state index contributed by atoms with van der Waals surface area (Å²) >= 11 is 0. The van der Waals surface area contributed by atoms with Crippen LogP contribution in [0.4, 0.5) is 5.82 Å². The van der Waals surface area contributed by atoms with Crippen molar-refractivity contribution in [2.24, 2.45) is 0 Å². The molecule has 0 bridgehead atoms. The minimum absolute atomic E-state index is 0.156. The number of anilines is 1. The molecule has 18 heavy (non-hydrogen) atoms.